The number of hydrogen-bond donors (Lipinski definition) is 2. The van der Waals surface area contributed by atoms with E-state index in [2.05, 4.69) is 31.4 Å². The summed E-state index contributed by atoms with van der Waals surface area (Å²) in [6, 6.07) is 6.13. The number of nitrogens with one attached hydrogen (secondary N) is 1. The molecule has 2 heterocycles. The number of thiophene rings is 1. The highest BCUT2D eigenvalue weighted by Crippen LogP contribution is 2.33. The van der Waals surface area contributed by atoms with Gasteiger partial charge >= 0.3 is 0 Å². The first-order chi connectivity index (χ1) is 10.1. The molecule has 0 saturated heterocycles. The average molecular weight is 367 g/mol. The van der Waals surface area contributed by atoms with Gasteiger partial charge in [-0.25, -0.2) is 4.39 Å². The zero-order chi connectivity index (χ0) is 15.0. The second kappa shape index (κ2) is 5.38. The minimum atomic E-state index is -0.530. The summed E-state index contributed by atoms with van der Waals surface area (Å²) in [5, 5.41) is 10.8. The third-order valence-electron chi connectivity index (χ3n) is 2.83. The highest BCUT2D eigenvalue weighted by atomic mass is 79.9. The Balaban J connectivity index is 2.00. The summed E-state index contributed by atoms with van der Waals surface area (Å²) < 4.78 is 14.2. The number of nitrogen functional groups attached to an aromatic ring is 1. The van der Waals surface area contributed by atoms with E-state index in [-0.39, 0.29) is 10.6 Å². The van der Waals surface area contributed by atoms with E-state index in [1.807, 2.05) is 0 Å². The van der Waals surface area contributed by atoms with Gasteiger partial charge in [-0.1, -0.05) is 6.07 Å². The molecule has 1 amide bonds. The number of nitrogens with zero attached hydrogens (tertiary/aromatic N) is 2. The molecule has 0 spiro atoms. The molecule has 0 atom stereocenters. The summed E-state index contributed by atoms with van der Waals surface area (Å²) in [5.74, 6) is -1.02. The quantitative estimate of drug-likeness (QED) is 0.727. The van der Waals surface area contributed by atoms with Crippen molar-refractivity contribution in [2.24, 2.45) is 0 Å². The largest absolute Gasteiger partial charge is 0.397 e. The molecular formula is C13H8BrFN4OS. The van der Waals surface area contributed by atoms with Crippen LogP contribution in [0.5, 0.6) is 0 Å². The number of carbonyl (C=O) groups is 1. The Morgan fingerprint density at radius 2 is 2.19 bits per heavy atom. The lowest BCUT2D eigenvalue weighted by molar-refractivity contribution is 0.103. The van der Waals surface area contributed by atoms with Crippen LogP contribution < -0.4 is 11.1 Å². The predicted octanol–water partition coefficient (Wildman–Crippen LogP) is 3.43. The minimum Gasteiger partial charge on any atom is -0.397 e. The van der Waals surface area contributed by atoms with Gasteiger partial charge in [-0.3, -0.25) is 4.79 Å². The molecule has 3 rings (SSSR count). The molecule has 21 heavy (non-hydrogen) atoms. The molecule has 1 aromatic carbocycles. The minimum absolute atomic E-state index is 0.0745. The van der Waals surface area contributed by atoms with Crippen molar-refractivity contribution < 1.29 is 9.18 Å². The summed E-state index contributed by atoms with van der Waals surface area (Å²) in [4.78, 5) is 13.1. The Labute approximate surface area is 131 Å². The summed E-state index contributed by atoms with van der Waals surface area (Å²) in [5.41, 5.74) is 6.34. The lowest BCUT2D eigenvalue weighted by Crippen LogP contribution is -2.13. The molecule has 8 heteroatoms. The molecule has 0 fully saturated rings. The Bertz CT molecular complexity index is 831. The van der Waals surface area contributed by atoms with Crippen LogP contribution >= 0.6 is 27.3 Å². The van der Waals surface area contributed by atoms with E-state index >= 15 is 0 Å². The van der Waals surface area contributed by atoms with E-state index in [4.69, 9.17) is 5.73 Å². The summed E-state index contributed by atoms with van der Waals surface area (Å²) in [6.45, 7) is 0. The number of anilines is 2. The summed E-state index contributed by atoms with van der Waals surface area (Å²) >= 11 is 4.31. The molecule has 0 aliphatic carbocycles. The molecule has 3 N–H and O–H groups in total. The van der Waals surface area contributed by atoms with Crippen LogP contribution in [0.1, 0.15) is 9.67 Å². The maximum atomic E-state index is 13.7. The lowest BCUT2D eigenvalue weighted by atomic mass is 10.2. The van der Waals surface area contributed by atoms with Gasteiger partial charge in [0, 0.05) is 9.86 Å². The standard InChI is InChI=1S/C13H8BrFN4OS/c14-7-2-1-3-8(15)10(7)18-12(20)11-9(16)6-4-5-17-19-13(6)21-11/h1-5H,16H2,(H,18,20). The molecule has 0 aliphatic heterocycles. The number of benzene rings is 1. The number of nitrogens with two attached hydrogens (primary N) is 1. The molecule has 0 bridgehead atoms. The Hall–Kier alpha value is -2.06. The van der Waals surface area contributed by atoms with Crippen LogP contribution in [-0.2, 0) is 0 Å². The van der Waals surface area contributed by atoms with Crippen molar-refractivity contribution in [1.29, 1.82) is 0 Å². The van der Waals surface area contributed by atoms with E-state index < -0.39 is 11.7 Å². The number of hydrogen-bond acceptors (Lipinski definition) is 5. The summed E-state index contributed by atoms with van der Waals surface area (Å²) in [6.07, 6.45) is 1.50. The van der Waals surface area contributed by atoms with Crippen molar-refractivity contribution in [3.8, 4) is 0 Å². The number of aromatic nitrogens is 2. The first kappa shape index (κ1) is 13.9. The van der Waals surface area contributed by atoms with E-state index in [1.165, 1.54) is 12.3 Å². The van der Waals surface area contributed by atoms with Crippen LogP contribution in [-0.4, -0.2) is 16.1 Å². The highest BCUT2D eigenvalue weighted by molar-refractivity contribution is 9.10. The maximum absolute atomic E-state index is 13.7. The van der Waals surface area contributed by atoms with Crippen molar-refractivity contribution in [2.45, 2.75) is 0 Å². The number of fused-ring (bicyclic) bond motifs is 1. The molecule has 3 aromatic rings. The Morgan fingerprint density at radius 3 is 2.90 bits per heavy atom. The topological polar surface area (TPSA) is 80.9 Å². The molecule has 2 aromatic heterocycles. The van der Waals surface area contributed by atoms with Crippen LogP contribution in [0.3, 0.4) is 0 Å². The van der Waals surface area contributed by atoms with Crippen molar-refractivity contribution >= 4 is 54.8 Å². The maximum Gasteiger partial charge on any atom is 0.268 e. The predicted molar refractivity (Wildman–Crippen MR) is 83.9 cm³/mol. The van der Waals surface area contributed by atoms with E-state index in [0.717, 1.165) is 11.3 Å². The van der Waals surface area contributed by atoms with E-state index in [1.54, 1.807) is 18.2 Å². The van der Waals surface area contributed by atoms with Crippen molar-refractivity contribution in [3.63, 3.8) is 0 Å². The third kappa shape index (κ3) is 2.47. The molecule has 0 radical (unpaired) electrons. The second-order valence-corrected chi connectivity index (χ2v) is 6.00. The van der Waals surface area contributed by atoms with Crippen molar-refractivity contribution in [3.05, 3.63) is 45.6 Å². The SMILES string of the molecule is Nc1c(C(=O)Nc2c(F)cccc2Br)sc2nnccc12. The van der Waals surface area contributed by atoms with Crippen LogP contribution in [0, 0.1) is 5.82 Å². The summed E-state index contributed by atoms with van der Waals surface area (Å²) in [7, 11) is 0. The van der Waals surface area contributed by atoms with Gasteiger partial charge < -0.3 is 11.1 Å². The number of carbonyl (C=O) groups excluding carboxylic acids is 1. The van der Waals surface area contributed by atoms with Gasteiger partial charge in [-0.05, 0) is 34.1 Å². The molecule has 0 unspecified atom stereocenters. The Morgan fingerprint density at radius 1 is 1.38 bits per heavy atom. The van der Waals surface area contributed by atoms with Gasteiger partial charge in [0.25, 0.3) is 5.91 Å². The number of rotatable bonds is 2. The number of para-hydroxylation sites is 1. The number of amides is 1. The van der Waals surface area contributed by atoms with Gasteiger partial charge in [0.1, 0.15) is 15.5 Å². The normalized spacial score (nSPS) is 10.8. The smallest absolute Gasteiger partial charge is 0.268 e. The fourth-order valence-corrected chi connectivity index (χ4v) is 3.20. The van der Waals surface area contributed by atoms with Crippen LogP contribution in [0.25, 0.3) is 10.2 Å². The van der Waals surface area contributed by atoms with E-state index in [9.17, 15) is 9.18 Å². The van der Waals surface area contributed by atoms with Gasteiger partial charge in [0.15, 0.2) is 0 Å². The van der Waals surface area contributed by atoms with Gasteiger partial charge in [-0.2, -0.15) is 5.10 Å². The van der Waals surface area contributed by atoms with Crippen LogP contribution in [0.2, 0.25) is 0 Å². The van der Waals surface area contributed by atoms with Gasteiger partial charge in [0.2, 0.25) is 0 Å². The molecule has 0 saturated carbocycles. The molecule has 106 valence electrons. The first-order valence-electron chi connectivity index (χ1n) is 5.83. The lowest BCUT2D eigenvalue weighted by Gasteiger charge is -2.07. The fraction of sp³-hybridized carbons (Fsp3) is 0. The fourth-order valence-electron chi connectivity index (χ4n) is 1.83. The van der Waals surface area contributed by atoms with Crippen molar-refractivity contribution in [1.82, 2.24) is 10.2 Å². The Kier molecular flexibility index (Phi) is 3.56. The van der Waals surface area contributed by atoms with Crippen molar-refractivity contribution in [2.75, 3.05) is 11.1 Å². The zero-order valence-corrected chi connectivity index (χ0v) is 12.8. The van der Waals surface area contributed by atoms with Crippen LogP contribution in [0.4, 0.5) is 15.8 Å². The first-order valence-corrected chi connectivity index (χ1v) is 7.44. The average Bonchev–Trinajstić information content (AvgIpc) is 2.81. The molecular weight excluding hydrogens is 359 g/mol. The third-order valence-corrected chi connectivity index (χ3v) is 4.59. The monoisotopic (exact) mass is 366 g/mol. The zero-order valence-electron chi connectivity index (χ0n) is 10.4. The number of halogens is 2. The highest BCUT2D eigenvalue weighted by Gasteiger charge is 2.19. The van der Waals surface area contributed by atoms with Gasteiger partial charge in [-0.15, -0.1) is 16.4 Å². The molecule has 5 nitrogen and oxygen atoms in total. The molecule has 0 aliphatic rings. The van der Waals surface area contributed by atoms with Gasteiger partial charge in [0.05, 0.1) is 17.6 Å². The van der Waals surface area contributed by atoms with E-state index in [0.29, 0.717) is 20.4 Å². The second-order valence-electron chi connectivity index (χ2n) is 4.15. The van der Waals surface area contributed by atoms with Crippen LogP contribution in [0.15, 0.2) is 34.9 Å².